The summed E-state index contributed by atoms with van der Waals surface area (Å²) in [5, 5.41) is 0. The minimum Gasteiger partial charge on any atom is -0.344 e. The zero-order valence-corrected chi connectivity index (χ0v) is 15.4. The minimum atomic E-state index is -0.220. The Morgan fingerprint density at radius 2 is 1.88 bits per heavy atom. The van der Waals surface area contributed by atoms with Crippen molar-refractivity contribution in [3.8, 4) is 0 Å². The Hall–Kier alpha value is -1.88. The summed E-state index contributed by atoms with van der Waals surface area (Å²) in [6, 6.07) is 8.08. The fraction of sp³-hybridized carbons (Fsp3) is 0.600. The molecule has 2 saturated heterocycles. The van der Waals surface area contributed by atoms with Gasteiger partial charge in [0.2, 0.25) is 11.8 Å². The lowest BCUT2D eigenvalue weighted by molar-refractivity contribution is -0.134. The Bertz CT molecular complexity index is 608. The number of aryl methyl sites for hydroxylation is 1. The number of amides is 2. The van der Waals surface area contributed by atoms with Crippen LogP contribution < -0.4 is 4.90 Å². The van der Waals surface area contributed by atoms with Crippen molar-refractivity contribution in [2.45, 2.75) is 32.6 Å². The van der Waals surface area contributed by atoms with Crippen LogP contribution in [0, 0.1) is 5.92 Å². The van der Waals surface area contributed by atoms with Crippen LogP contribution in [0.3, 0.4) is 0 Å². The Kier molecular flexibility index (Phi) is 5.74. The topological polar surface area (TPSA) is 43.9 Å². The molecule has 2 fully saturated rings. The van der Waals surface area contributed by atoms with Crippen molar-refractivity contribution in [2.24, 2.45) is 5.92 Å². The SMILES string of the molecule is CCc1ccc(N2CC(C(=O)N(C)CCN3CCCC3)CC2=O)cc1. The molecule has 2 heterocycles. The highest BCUT2D eigenvalue weighted by atomic mass is 16.2. The number of carbonyl (C=O) groups is 2. The summed E-state index contributed by atoms with van der Waals surface area (Å²) in [5.74, 6) is -0.0716. The number of likely N-dealkylation sites (tertiary alicyclic amines) is 1. The quantitative estimate of drug-likeness (QED) is 0.795. The Morgan fingerprint density at radius 1 is 1.20 bits per heavy atom. The van der Waals surface area contributed by atoms with Crippen LogP contribution in [0.25, 0.3) is 0 Å². The third-order valence-electron chi connectivity index (χ3n) is 5.46. The number of anilines is 1. The Morgan fingerprint density at radius 3 is 2.52 bits per heavy atom. The molecule has 2 aliphatic heterocycles. The van der Waals surface area contributed by atoms with E-state index in [9.17, 15) is 9.59 Å². The molecule has 2 amide bonds. The van der Waals surface area contributed by atoms with Crippen molar-refractivity contribution in [3.05, 3.63) is 29.8 Å². The Labute approximate surface area is 150 Å². The zero-order chi connectivity index (χ0) is 17.8. The van der Waals surface area contributed by atoms with E-state index in [4.69, 9.17) is 0 Å². The molecule has 1 atom stereocenters. The lowest BCUT2D eigenvalue weighted by Gasteiger charge is -2.24. The molecule has 0 aromatic heterocycles. The smallest absolute Gasteiger partial charge is 0.227 e. The first-order valence-corrected chi connectivity index (χ1v) is 9.45. The van der Waals surface area contributed by atoms with Gasteiger partial charge in [0, 0.05) is 38.8 Å². The molecule has 5 heteroatoms. The summed E-state index contributed by atoms with van der Waals surface area (Å²) in [5.41, 5.74) is 2.15. The van der Waals surface area contributed by atoms with Crippen LogP contribution in [-0.4, -0.2) is 61.4 Å². The lowest BCUT2D eigenvalue weighted by atomic mass is 10.1. The van der Waals surface area contributed by atoms with Gasteiger partial charge in [0.1, 0.15) is 0 Å². The molecule has 0 N–H and O–H groups in total. The molecule has 0 bridgehead atoms. The largest absolute Gasteiger partial charge is 0.344 e. The van der Waals surface area contributed by atoms with E-state index in [1.165, 1.54) is 18.4 Å². The van der Waals surface area contributed by atoms with Gasteiger partial charge in [-0.25, -0.2) is 0 Å². The molecule has 5 nitrogen and oxygen atoms in total. The van der Waals surface area contributed by atoms with Crippen LogP contribution in [0.1, 0.15) is 31.7 Å². The fourth-order valence-electron chi connectivity index (χ4n) is 3.75. The predicted molar refractivity (Wildman–Crippen MR) is 99.6 cm³/mol. The summed E-state index contributed by atoms with van der Waals surface area (Å²) in [6.07, 6.45) is 3.83. The van der Waals surface area contributed by atoms with Gasteiger partial charge in [-0.3, -0.25) is 9.59 Å². The molecule has 25 heavy (non-hydrogen) atoms. The monoisotopic (exact) mass is 343 g/mol. The number of carbonyl (C=O) groups excluding carboxylic acids is 2. The van der Waals surface area contributed by atoms with Gasteiger partial charge < -0.3 is 14.7 Å². The molecule has 0 saturated carbocycles. The molecule has 1 aromatic rings. The van der Waals surface area contributed by atoms with Crippen molar-refractivity contribution >= 4 is 17.5 Å². The summed E-state index contributed by atoms with van der Waals surface area (Å²) < 4.78 is 0. The van der Waals surface area contributed by atoms with E-state index in [1.807, 2.05) is 19.2 Å². The second-order valence-corrected chi connectivity index (χ2v) is 7.23. The summed E-state index contributed by atoms with van der Waals surface area (Å²) >= 11 is 0. The van der Waals surface area contributed by atoms with Gasteiger partial charge in [-0.15, -0.1) is 0 Å². The molecule has 2 aliphatic rings. The van der Waals surface area contributed by atoms with Gasteiger partial charge in [-0.1, -0.05) is 19.1 Å². The van der Waals surface area contributed by atoms with Crippen molar-refractivity contribution < 1.29 is 9.59 Å². The van der Waals surface area contributed by atoms with E-state index in [0.717, 1.165) is 38.3 Å². The van der Waals surface area contributed by atoms with Crippen molar-refractivity contribution in [1.29, 1.82) is 0 Å². The molecule has 136 valence electrons. The first kappa shape index (κ1) is 17.9. The third-order valence-corrected chi connectivity index (χ3v) is 5.46. The molecule has 3 rings (SSSR count). The zero-order valence-electron chi connectivity index (χ0n) is 15.4. The van der Waals surface area contributed by atoms with E-state index < -0.39 is 0 Å². The average molecular weight is 343 g/mol. The van der Waals surface area contributed by atoms with Gasteiger partial charge >= 0.3 is 0 Å². The predicted octanol–water partition coefficient (Wildman–Crippen LogP) is 2.16. The van der Waals surface area contributed by atoms with E-state index in [-0.39, 0.29) is 17.7 Å². The molecule has 0 spiro atoms. The number of benzene rings is 1. The number of nitrogens with zero attached hydrogens (tertiary/aromatic N) is 3. The van der Waals surface area contributed by atoms with Crippen LogP contribution in [0.4, 0.5) is 5.69 Å². The van der Waals surface area contributed by atoms with E-state index in [1.54, 1.807) is 9.80 Å². The van der Waals surface area contributed by atoms with E-state index in [0.29, 0.717) is 13.0 Å². The molecule has 1 aromatic carbocycles. The van der Waals surface area contributed by atoms with E-state index in [2.05, 4.69) is 24.0 Å². The highest BCUT2D eigenvalue weighted by molar-refractivity contribution is 6.00. The number of hydrogen-bond donors (Lipinski definition) is 0. The molecular weight excluding hydrogens is 314 g/mol. The normalized spacial score (nSPS) is 21.1. The van der Waals surface area contributed by atoms with E-state index >= 15 is 0 Å². The van der Waals surface area contributed by atoms with Crippen molar-refractivity contribution in [2.75, 3.05) is 44.7 Å². The first-order chi connectivity index (χ1) is 12.1. The summed E-state index contributed by atoms with van der Waals surface area (Å²) in [4.78, 5) is 31.1. The van der Waals surface area contributed by atoms with Gasteiger partial charge in [-0.2, -0.15) is 0 Å². The van der Waals surface area contributed by atoms with Crippen LogP contribution in [0.2, 0.25) is 0 Å². The van der Waals surface area contributed by atoms with Crippen molar-refractivity contribution in [1.82, 2.24) is 9.80 Å². The molecule has 1 unspecified atom stereocenters. The van der Waals surface area contributed by atoms with Crippen LogP contribution in [0.5, 0.6) is 0 Å². The average Bonchev–Trinajstić information content (AvgIpc) is 3.28. The maximum absolute atomic E-state index is 12.7. The number of likely N-dealkylation sites (N-methyl/N-ethyl adjacent to an activating group) is 1. The highest BCUT2D eigenvalue weighted by Gasteiger charge is 2.36. The van der Waals surface area contributed by atoms with Gasteiger partial charge in [0.15, 0.2) is 0 Å². The second kappa shape index (κ2) is 8.00. The minimum absolute atomic E-state index is 0.0514. The molecular formula is C20H29N3O2. The standard InChI is InChI=1S/C20H29N3O2/c1-3-16-6-8-18(9-7-16)23-15-17(14-19(23)24)20(25)21(2)12-13-22-10-4-5-11-22/h6-9,17H,3-5,10-15H2,1-2H3. The highest BCUT2D eigenvalue weighted by Crippen LogP contribution is 2.26. The third kappa shape index (κ3) is 4.21. The Balaban J connectivity index is 1.55. The maximum Gasteiger partial charge on any atom is 0.227 e. The molecule has 0 aliphatic carbocycles. The van der Waals surface area contributed by atoms with Gasteiger partial charge in [-0.05, 0) is 50.0 Å². The number of rotatable bonds is 6. The lowest BCUT2D eigenvalue weighted by Crippen LogP contribution is -2.39. The van der Waals surface area contributed by atoms with Gasteiger partial charge in [0.25, 0.3) is 0 Å². The summed E-state index contributed by atoms with van der Waals surface area (Å²) in [6.45, 7) is 6.58. The molecule has 0 radical (unpaired) electrons. The van der Waals surface area contributed by atoms with Crippen LogP contribution in [0.15, 0.2) is 24.3 Å². The fourth-order valence-corrected chi connectivity index (χ4v) is 3.75. The van der Waals surface area contributed by atoms with Crippen molar-refractivity contribution in [3.63, 3.8) is 0 Å². The second-order valence-electron chi connectivity index (χ2n) is 7.23. The van der Waals surface area contributed by atoms with Crippen LogP contribution >= 0.6 is 0 Å². The first-order valence-electron chi connectivity index (χ1n) is 9.45. The van der Waals surface area contributed by atoms with Crippen LogP contribution in [-0.2, 0) is 16.0 Å². The number of hydrogen-bond acceptors (Lipinski definition) is 3. The van der Waals surface area contributed by atoms with Gasteiger partial charge in [0.05, 0.1) is 5.92 Å². The summed E-state index contributed by atoms with van der Waals surface area (Å²) in [7, 11) is 1.86. The maximum atomic E-state index is 12.7.